The van der Waals surface area contributed by atoms with Gasteiger partial charge in [0.15, 0.2) is 0 Å². The Bertz CT molecular complexity index is 2110. The molecule has 4 aromatic rings. The highest BCUT2D eigenvalue weighted by Crippen LogP contribution is 2.41. The number of aliphatic imine (C=N–C) groups is 2. The summed E-state index contributed by atoms with van der Waals surface area (Å²) in [5, 5.41) is 0. The smallest absolute Gasteiger partial charge is 0.0932 e. The lowest BCUT2D eigenvalue weighted by Gasteiger charge is -2.10. The SMILES string of the molecule is CCC1=C(CC)/C(=C/c2[nH]c(-c3[nH]cc(CC)c3CC)c(CC)c2CC)N=C1C1=N/C(=C\c2[nH]c(-c3[nH]cc(CC)c3CC)c(CC)c2CC)C(CC)=C1CC. The first kappa shape index (κ1) is 41.1. The quantitative estimate of drug-likeness (QED) is 0.0828. The lowest BCUT2D eigenvalue weighted by Crippen LogP contribution is -2.16. The molecule has 6 heterocycles. The van der Waals surface area contributed by atoms with Gasteiger partial charge in [-0.3, -0.25) is 0 Å². The van der Waals surface area contributed by atoms with Gasteiger partial charge in [0, 0.05) is 23.8 Å². The van der Waals surface area contributed by atoms with E-state index in [1.54, 1.807) is 0 Å². The van der Waals surface area contributed by atoms with E-state index in [-0.39, 0.29) is 0 Å². The van der Waals surface area contributed by atoms with Crippen molar-refractivity contribution in [2.24, 2.45) is 9.98 Å². The predicted molar refractivity (Wildman–Crippen MR) is 242 cm³/mol. The Morgan fingerprint density at radius 1 is 0.375 bits per heavy atom. The van der Waals surface area contributed by atoms with E-state index in [1.807, 2.05) is 0 Å². The third-order valence-corrected chi connectivity index (χ3v) is 12.6. The van der Waals surface area contributed by atoms with Crippen LogP contribution in [0.4, 0.5) is 0 Å². The molecule has 0 unspecified atom stereocenters. The Morgan fingerprint density at radius 3 is 1.00 bits per heavy atom. The zero-order valence-corrected chi connectivity index (χ0v) is 36.7. The van der Waals surface area contributed by atoms with Crippen LogP contribution in [0.15, 0.2) is 56.1 Å². The minimum Gasteiger partial charge on any atom is -0.359 e. The van der Waals surface area contributed by atoms with Crippen LogP contribution in [-0.4, -0.2) is 31.4 Å². The van der Waals surface area contributed by atoms with Crippen molar-refractivity contribution in [2.45, 2.75) is 160 Å². The molecule has 6 nitrogen and oxygen atoms in total. The molecule has 0 atom stereocenters. The fourth-order valence-electron chi connectivity index (χ4n) is 9.89. The van der Waals surface area contributed by atoms with Crippen LogP contribution in [0.5, 0.6) is 0 Å². The average molecular weight is 753 g/mol. The van der Waals surface area contributed by atoms with Crippen molar-refractivity contribution in [3.8, 4) is 22.8 Å². The van der Waals surface area contributed by atoms with E-state index in [0.29, 0.717) is 0 Å². The average Bonchev–Trinajstić information content (AvgIpc) is 4.07. The molecule has 0 bridgehead atoms. The maximum absolute atomic E-state index is 5.55. The number of nitrogens with zero attached hydrogens (tertiary/aromatic N) is 2. The molecule has 0 amide bonds. The van der Waals surface area contributed by atoms with Crippen molar-refractivity contribution in [1.82, 2.24) is 19.9 Å². The van der Waals surface area contributed by atoms with E-state index in [1.165, 1.54) is 101 Å². The molecule has 0 radical (unpaired) electrons. The topological polar surface area (TPSA) is 87.9 Å². The highest BCUT2D eigenvalue weighted by molar-refractivity contribution is 6.55. The molecule has 0 spiro atoms. The van der Waals surface area contributed by atoms with Gasteiger partial charge in [0.2, 0.25) is 0 Å². The molecule has 298 valence electrons. The van der Waals surface area contributed by atoms with Gasteiger partial charge in [0.25, 0.3) is 0 Å². The number of H-pyrrole nitrogens is 4. The van der Waals surface area contributed by atoms with Crippen LogP contribution >= 0.6 is 0 Å². The summed E-state index contributed by atoms with van der Waals surface area (Å²) in [6.45, 7) is 27.3. The summed E-state index contributed by atoms with van der Waals surface area (Å²) in [5.74, 6) is 0. The molecule has 0 aliphatic carbocycles. The monoisotopic (exact) mass is 753 g/mol. The van der Waals surface area contributed by atoms with Crippen molar-refractivity contribution in [1.29, 1.82) is 0 Å². The number of nitrogens with one attached hydrogen (secondary N) is 4. The standard InChI is InChI=1S/C50H68N6/c1-13-29-27-51-45(31(29)15-3)47-37(21-9)33(17-5)41(53-47)25-43-35(19-7)39(23-11)49(55-43)50-40(24-12)36(20-8)44(56-50)26-42-34(18-6)38(22-10)48(54-42)46-32(16-4)30(14-2)28-52-46/h25-28,51-54H,13-24H2,1-12H3/b43-25-,44-26-. The van der Waals surface area contributed by atoms with Crippen molar-refractivity contribution in [2.75, 3.05) is 0 Å². The van der Waals surface area contributed by atoms with E-state index in [4.69, 9.17) is 9.98 Å². The van der Waals surface area contributed by atoms with E-state index in [0.717, 1.165) is 99.9 Å². The molecular formula is C50H68N6. The van der Waals surface area contributed by atoms with Crippen molar-refractivity contribution >= 4 is 23.6 Å². The van der Waals surface area contributed by atoms with Crippen LogP contribution in [-0.2, 0) is 51.4 Å². The first-order valence-electron chi connectivity index (χ1n) is 22.2. The molecule has 2 aliphatic heterocycles. The van der Waals surface area contributed by atoms with Gasteiger partial charge in [-0.05, 0) is 156 Å². The summed E-state index contributed by atoms with van der Waals surface area (Å²) < 4.78 is 0. The van der Waals surface area contributed by atoms with Gasteiger partial charge < -0.3 is 19.9 Å². The van der Waals surface area contributed by atoms with Crippen molar-refractivity contribution in [3.05, 3.63) is 102 Å². The molecule has 56 heavy (non-hydrogen) atoms. The van der Waals surface area contributed by atoms with Crippen LogP contribution in [0.2, 0.25) is 0 Å². The molecular weight excluding hydrogens is 685 g/mol. The molecule has 2 aliphatic rings. The van der Waals surface area contributed by atoms with Crippen molar-refractivity contribution in [3.63, 3.8) is 0 Å². The Balaban J connectivity index is 1.49. The number of hydrogen-bond acceptors (Lipinski definition) is 2. The van der Waals surface area contributed by atoms with Gasteiger partial charge in [0.05, 0.1) is 45.6 Å². The number of rotatable bonds is 17. The number of hydrogen-bond donors (Lipinski definition) is 4. The summed E-state index contributed by atoms with van der Waals surface area (Å²) in [6.07, 6.45) is 20.8. The maximum Gasteiger partial charge on any atom is 0.0932 e. The van der Waals surface area contributed by atoms with Gasteiger partial charge >= 0.3 is 0 Å². The van der Waals surface area contributed by atoms with Gasteiger partial charge in [-0.2, -0.15) is 0 Å². The van der Waals surface area contributed by atoms with E-state index in [9.17, 15) is 0 Å². The summed E-state index contributed by atoms with van der Waals surface area (Å²) >= 11 is 0. The van der Waals surface area contributed by atoms with Gasteiger partial charge in [-0.15, -0.1) is 0 Å². The van der Waals surface area contributed by atoms with Gasteiger partial charge in [0.1, 0.15) is 0 Å². The molecule has 0 aromatic carbocycles. The second-order valence-electron chi connectivity index (χ2n) is 15.2. The van der Waals surface area contributed by atoms with Crippen LogP contribution in [0.1, 0.15) is 165 Å². The molecule has 0 saturated heterocycles. The summed E-state index contributed by atoms with van der Waals surface area (Å²) in [4.78, 5) is 26.3. The Labute approximate surface area is 337 Å². The summed E-state index contributed by atoms with van der Waals surface area (Å²) in [7, 11) is 0. The highest BCUT2D eigenvalue weighted by Gasteiger charge is 2.32. The number of allylic oxidation sites excluding steroid dienone is 4. The molecule has 6 heteroatoms. The zero-order valence-electron chi connectivity index (χ0n) is 36.7. The molecule has 0 saturated carbocycles. The Morgan fingerprint density at radius 2 is 0.714 bits per heavy atom. The Kier molecular flexibility index (Phi) is 13.0. The van der Waals surface area contributed by atoms with Crippen LogP contribution in [0.25, 0.3) is 34.9 Å². The first-order valence-corrected chi connectivity index (χ1v) is 22.2. The minimum absolute atomic E-state index is 0.921. The van der Waals surface area contributed by atoms with Crippen LogP contribution in [0, 0.1) is 0 Å². The molecule has 4 N–H and O–H groups in total. The third-order valence-electron chi connectivity index (χ3n) is 12.6. The minimum atomic E-state index is 0.921. The largest absolute Gasteiger partial charge is 0.359 e. The highest BCUT2D eigenvalue weighted by atomic mass is 14.9. The third kappa shape index (κ3) is 6.92. The van der Waals surface area contributed by atoms with E-state index < -0.39 is 0 Å². The van der Waals surface area contributed by atoms with E-state index >= 15 is 0 Å². The predicted octanol–water partition coefficient (Wildman–Crippen LogP) is 13.4. The second kappa shape index (κ2) is 17.7. The van der Waals surface area contributed by atoms with Crippen LogP contribution in [0.3, 0.4) is 0 Å². The fourth-order valence-corrected chi connectivity index (χ4v) is 9.89. The van der Waals surface area contributed by atoms with Gasteiger partial charge in [-0.25, -0.2) is 9.98 Å². The molecule has 0 fully saturated rings. The lowest BCUT2D eigenvalue weighted by atomic mass is 9.91. The second-order valence-corrected chi connectivity index (χ2v) is 15.2. The number of aryl methyl sites for hydroxylation is 2. The molecule has 4 aromatic heterocycles. The normalized spacial score (nSPS) is 16.1. The zero-order chi connectivity index (χ0) is 40.3. The van der Waals surface area contributed by atoms with Crippen molar-refractivity contribution < 1.29 is 0 Å². The van der Waals surface area contributed by atoms with Gasteiger partial charge in [-0.1, -0.05) is 83.1 Å². The van der Waals surface area contributed by atoms with Crippen LogP contribution < -0.4 is 0 Å². The fraction of sp³-hybridized carbons (Fsp3) is 0.480. The Hall–Kier alpha value is -4.58. The number of aromatic amines is 4. The lowest BCUT2D eigenvalue weighted by molar-refractivity contribution is 1.04. The maximum atomic E-state index is 5.55. The van der Waals surface area contributed by atoms with E-state index in [2.05, 4.69) is 128 Å². The molecule has 6 rings (SSSR count). The summed E-state index contributed by atoms with van der Waals surface area (Å²) in [6, 6.07) is 0. The number of aromatic nitrogens is 4. The summed E-state index contributed by atoms with van der Waals surface area (Å²) in [5.41, 5.74) is 28.3. The first-order chi connectivity index (χ1) is 27.2.